The van der Waals surface area contributed by atoms with E-state index in [1.54, 1.807) is 31.5 Å². The second kappa shape index (κ2) is 5.41. The molecule has 0 amide bonds. The molecule has 0 unspecified atom stereocenters. The van der Waals surface area contributed by atoms with E-state index in [9.17, 15) is 4.39 Å². The zero-order chi connectivity index (χ0) is 15.0. The molecule has 0 fully saturated rings. The highest BCUT2D eigenvalue weighted by atomic mass is 32.1. The fourth-order valence-corrected chi connectivity index (χ4v) is 3.39. The molecule has 3 nitrogen and oxygen atoms in total. The van der Waals surface area contributed by atoms with Crippen molar-refractivity contribution in [2.24, 2.45) is 0 Å². The van der Waals surface area contributed by atoms with Gasteiger partial charge in [-0.05, 0) is 48.4 Å². The van der Waals surface area contributed by atoms with Gasteiger partial charge in [0.25, 0.3) is 0 Å². The highest BCUT2D eigenvalue weighted by Gasteiger charge is 2.09. The number of anilines is 1. The molecule has 1 N–H and O–H groups in total. The Morgan fingerprint density at radius 1 is 1.10 bits per heavy atom. The Morgan fingerprint density at radius 2 is 1.81 bits per heavy atom. The molecule has 21 heavy (non-hydrogen) atoms. The normalized spacial score (nSPS) is 11.0. The summed E-state index contributed by atoms with van der Waals surface area (Å²) in [6, 6.07) is 3.74. The van der Waals surface area contributed by atoms with Gasteiger partial charge < -0.3 is 5.32 Å². The van der Waals surface area contributed by atoms with E-state index in [0.29, 0.717) is 17.7 Å². The van der Waals surface area contributed by atoms with Gasteiger partial charge in [-0.25, -0.2) is 14.4 Å². The van der Waals surface area contributed by atoms with Gasteiger partial charge in [0.15, 0.2) is 0 Å². The summed E-state index contributed by atoms with van der Waals surface area (Å²) in [5.74, 6) is 0.704. The predicted octanol–water partition coefficient (Wildman–Crippen LogP) is 4.37. The first-order valence-electron chi connectivity index (χ1n) is 6.74. The van der Waals surface area contributed by atoms with E-state index >= 15 is 0 Å². The van der Waals surface area contributed by atoms with Gasteiger partial charge in [0.05, 0.1) is 10.2 Å². The van der Waals surface area contributed by atoms with Gasteiger partial charge in [-0.2, -0.15) is 0 Å². The van der Waals surface area contributed by atoms with Crippen LogP contribution in [0, 0.1) is 26.6 Å². The zero-order valence-electron chi connectivity index (χ0n) is 12.2. The number of nitrogens with zero attached hydrogens (tertiary/aromatic N) is 2. The van der Waals surface area contributed by atoms with Crippen molar-refractivity contribution in [2.75, 3.05) is 5.32 Å². The Labute approximate surface area is 126 Å². The number of fused-ring (bicyclic) bond motifs is 1. The fourth-order valence-electron chi connectivity index (χ4n) is 2.42. The highest BCUT2D eigenvalue weighted by molar-refractivity contribution is 7.18. The van der Waals surface area contributed by atoms with E-state index in [0.717, 1.165) is 27.2 Å². The predicted molar refractivity (Wildman–Crippen MR) is 85.4 cm³/mol. The molecular weight excluding hydrogens is 285 g/mol. The van der Waals surface area contributed by atoms with E-state index in [4.69, 9.17) is 0 Å². The lowest BCUT2D eigenvalue weighted by atomic mass is 10.1. The number of rotatable bonds is 3. The topological polar surface area (TPSA) is 37.8 Å². The third kappa shape index (κ3) is 2.61. The third-order valence-corrected chi connectivity index (χ3v) is 4.58. The van der Waals surface area contributed by atoms with Gasteiger partial charge in [0.1, 0.15) is 18.0 Å². The van der Waals surface area contributed by atoms with Crippen LogP contribution in [0.15, 0.2) is 23.8 Å². The minimum atomic E-state index is -0.128. The number of benzene rings is 1. The monoisotopic (exact) mass is 301 g/mol. The lowest BCUT2D eigenvalue weighted by molar-refractivity contribution is 0.608. The van der Waals surface area contributed by atoms with E-state index < -0.39 is 0 Å². The fraction of sp³-hybridized carbons (Fsp3) is 0.250. The van der Waals surface area contributed by atoms with Crippen LogP contribution in [0.1, 0.15) is 22.3 Å². The second-order valence-corrected chi connectivity index (χ2v) is 6.10. The molecule has 0 bridgehead atoms. The lowest BCUT2D eigenvalue weighted by Gasteiger charge is -2.09. The van der Waals surface area contributed by atoms with Crippen molar-refractivity contribution < 1.29 is 4.39 Å². The van der Waals surface area contributed by atoms with Crippen LogP contribution in [-0.4, -0.2) is 9.97 Å². The van der Waals surface area contributed by atoms with Gasteiger partial charge in [0.2, 0.25) is 0 Å². The van der Waals surface area contributed by atoms with Crippen LogP contribution in [0.2, 0.25) is 0 Å². The largest absolute Gasteiger partial charge is 0.365 e. The first-order valence-corrected chi connectivity index (χ1v) is 7.62. The first kappa shape index (κ1) is 13.9. The van der Waals surface area contributed by atoms with Crippen molar-refractivity contribution >= 4 is 27.4 Å². The van der Waals surface area contributed by atoms with Gasteiger partial charge in [0, 0.05) is 6.54 Å². The van der Waals surface area contributed by atoms with E-state index in [1.165, 1.54) is 0 Å². The first-order chi connectivity index (χ1) is 10.1. The maximum Gasteiger partial charge on any atom is 0.147 e. The third-order valence-electron chi connectivity index (χ3n) is 3.49. The van der Waals surface area contributed by atoms with Gasteiger partial charge in [-0.15, -0.1) is 11.3 Å². The van der Waals surface area contributed by atoms with Gasteiger partial charge >= 0.3 is 0 Å². The van der Waals surface area contributed by atoms with Crippen LogP contribution in [0.4, 0.5) is 10.2 Å². The summed E-state index contributed by atoms with van der Waals surface area (Å²) in [5, 5.41) is 5.41. The number of hydrogen-bond acceptors (Lipinski definition) is 4. The van der Waals surface area contributed by atoms with Crippen molar-refractivity contribution in [1.82, 2.24) is 9.97 Å². The van der Waals surface area contributed by atoms with E-state index in [-0.39, 0.29) is 5.82 Å². The maximum absolute atomic E-state index is 13.6. The molecule has 5 heteroatoms. The number of thiophene rings is 1. The standard InChI is InChI=1S/C16H16FN3S/c1-9-4-12(5-10(2)13(9)17)6-18-16-15-14(19-8-20-16)11(3)7-21-15/h4-5,7-8H,6H2,1-3H3,(H,18,19,20). The van der Waals surface area contributed by atoms with Crippen molar-refractivity contribution in [1.29, 1.82) is 0 Å². The molecule has 0 aliphatic heterocycles. The number of aryl methyl sites for hydroxylation is 3. The number of aromatic nitrogens is 2. The molecule has 0 saturated carbocycles. The molecule has 0 spiro atoms. The molecule has 108 valence electrons. The molecule has 1 aromatic carbocycles. The SMILES string of the molecule is Cc1cc(CNc2ncnc3c(C)csc23)cc(C)c1F. The van der Waals surface area contributed by atoms with Crippen molar-refractivity contribution in [3.8, 4) is 0 Å². The van der Waals surface area contributed by atoms with Gasteiger partial charge in [-0.3, -0.25) is 0 Å². The quantitative estimate of drug-likeness (QED) is 0.780. The summed E-state index contributed by atoms with van der Waals surface area (Å²) in [6.45, 7) is 6.24. The average Bonchev–Trinajstić information content (AvgIpc) is 2.85. The van der Waals surface area contributed by atoms with E-state index in [2.05, 4.69) is 20.7 Å². The Hall–Kier alpha value is -2.01. The van der Waals surface area contributed by atoms with Crippen molar-refractivity contribution in [2.45, 2.75) is 27.3 Å². The van der Waals surface area contributed by atoms with Crippen molar-refractivity contribution in [3.63, 3.8) is 0 Å². The van der Waals surface area contributed by atoms with Crippen molar-refractivity contribution in [3.05, 3.63) is 51.9 Å². The van der Waals surface area contributed by atoms with E-state index in [1.807, 2.05) is 19.1 Å². The van der Waals surface area contributed by atoms with Crippen LogP contribution in [0.5, 0.6) is 0 Å². The van der Waals surface area contributed by atoms with Crippen LogP contribution in [0.3, 0.4) is 0 Å². The second-order valence-electron chi connectivity index (χ2n) is 5.22. The minimum Gasteiger partial charge on any atom is -0.365 e. The van der Waals surface area contributed by atoms with Crippen LogP contribution >= 0.6 is 11.3 Å². The summed E-state index contributed by atoms with van der Waals surface area (Å²) in [5.41, 5.74) is 4.54. The summed E-state index contributed by atoms with van der Waals surface area (Å²) in [7, 11) is 0. The maximum atomic E-state index is 13.6. The smallest absolute Gasteiger partial charge is 0.147 e. The molecule has 0 atom stereocenters. The summed E-state index contributed by atoms with van der Waals surface area (Å²) in [4.78, 5) is 8.62. The molecule has 0 aliphatic carbocycles. The molecule has 2 aromatic heterocycles. The summed E-state index contributed by atoms with van der Waals surface area (Å²) < 4.78 is 14.7. The Balaban J connectivity index is 1.87. The lowest BCUT2D eigenvalue weighted by Crippen LogP contribution is -2.03. The Bertz CT molecular complexity index is 787. The number of hydrogen-bond donors (Lipinski definition) is 1. The molecular formula is C16H16FN3S. The molecule has 0 aliphatic rings. The highest BCUT2D eigenvalue weighted by Crippen LogP contribution is 2.28. The van der Waals surface area contributed by atoms with Crippen LogP contribution < -0.4 is 5.32 Å². The minimum absolute atomic E-state index is 0.128. The Kier molecular flexibility index (Phi) is 3.59. The molecule has 3 aromatic rings. The Morgan fingerprint density at radius 3 is 2.52 bits per heavy atom. The molecule has 0 radical (unpaired) electrons. The summed E-state index contributed by atoms with van der Waals surface area (Å²) in [6.07, 6.45) is 1.57. The average molecular weight is 301 g/mol. The summed E-state index contributed by atoms with van der Waals surface area (Å²) >= 11 is 1.64. The van der Waals surface area contributed by atoms with Crippen LogP contribution in [0.25, 0.3) is 10.2 Å². The number of nitrogens with one attached hydrogen (secondary N) is 1. The van der Waals surface area contributed by atoms with Crippen LogP contribution in [-0.2, 0) is 6.54 Å². The molecule has 2 heterocycles. The van der Waals surface area contributed by atoms with Gasteiger partial charge in [-0.1, -0.05) is 12.1 Å². The molecule has 3 rings (SSSR count). The number of halogens is 1. The molecule has 0 saturated heterocycles. The zero-order valence-corrected chi connectivity index (χ0v) is 13.0.